The summed E-state index contributed by atoms with van der Waals surface area (Å²) in [5, 5.41) is 9.05. The van der Waals surface area contributed by atoms with Gasteiger partial charge in [0.2, 0.25) is 0 Å². The molecule has 1 aliphatic carbocycles. The van der Waals surface area contributed by atoms with Gasteiger partial charge in [-0.15, -0.1) is 0 Å². The van der Waals surface area contributed by atoms with Crippen LogP contribution >= 0.6 is 0 Å². The van der Waals surface area contributed by atoms with Crippen LogP contribution in [0.3, 0.4) is 0 Å². The lowest BCUT2D eigenvalue weighted by molar-refractivity contribution is 0.282. The Morgan fingerprint density at radius 1 is 1.00 bits per heavy atom. The molecule has 0 bridgehead atoms. The highest BCUT2D eigenvalue weighted by Gasteiger charge is 2.22. The first-order valence-electron chi connectivity index (χ1n) is 7.02. The van der Waals surface area contributed by atoms with Crippen LogP contribution in [-0.4, -0.2) is 5.11 Å². The van der Waals surface area contributed by atoms with Crippen LogP contribution in [0.4, 0.5) is 0 Å². The van der Waals surface area contributed by atoms with Crippen LogP contribution in [0.1, 0.15) is 25.0 Å². The summed E-state index contributed by atoms with van der Waals surface area (Å²) in [4.78, 5) is 0. The molecule has 1 aromatic carbocycles. The maximum absolute atomic E-state index is 9.05. The molecule has 104 valence electrons. The van der Waals surface area contributed by atoms with Gasteiger partial charge in [0.25, 0.3) is 0 Å². The van der Waals surface area contributed by atoms with Crippen LogP contribution in [-0.2, 0) is 6.61 Å². The SMILES string of the molecule is CC(C)(/C=C/c1ccc(CO)cc1)C1C=CC=CC=C1. The lowest BCUT2D eigenvalue weighted by atomic mass is 9.78. The summed E-state index contributed by atoms with van der Waals surface area (Å²) in [6.45, 7) is 4.59. The van der Waals surface area contributed by atoms with Crippen molar-refractivity contribution >= 4 is 6.08 Å². The summed E-state index contributed by atoms with van der Waals surface area (Å²) >= 11 is 0. The van der Waals surface area contributed by atoms with Crippen molar-refractivity contribution in [1.29, 1.82) is 0 Å². The number of hydrogen-bond donors (Lipinski definition) is 1. The van der Waals surface area contributed by atoms with E-state index in [-0.39, 0.29) is 12.0 Å². The highest BCUT2D eigenvalue weighted by Crippen LogP contribution is 2.32. The first-order valence-corrected chi connectivity index (χ1v) is 7.02. The topological polar surface area (TPSA) is 20.2 Å². The molecule has 0 saturated heterocycles. The molecule has 1 nitrogen and oxygen atoms in total. The largest absolute Gasteiger partial charge is 0.392 e. The quantitative estimate of drug-likeness (QED) is 0.849. The molecule has 1 heteroatoms. The third-order valence-corrected chi connectivity index (χ3v) is 3.70. The minimum Gasteiger partial charge on any atom is -0.392 e. The van der Waals surface area contributed by atoms with Gasteiger partial charge in [0.15, 0.2) is 0 Å². The second-order valence-corrected chi connectivity index (χ2v) is 5.73. The maximum atomic E-state index is 9.05. The van der Waals surface area contributed by atoms with Gasteiger partial charge in [-0.1, -0.05) is 86.7 Å². The second kappa shape index (κ2) is 6.53. The average Bonchev–Trinajstić information content (AvgIpc) is 2.75. The van der Waals surface area contributed by atoms with Gasteiger partial charge in [-0.3, -0.25) is 0 Å². The van der Waals surface area contributed by atoms with Crippen molar-refractivity contribution in [3.63, 3.8) is 0 Å². The molecule has 20 heavy (non-hydrogen) atoms. The monoisotopic (exact) mass is 266 g/mol. The number of aliphatic hydroxyl groups excluding tert-OH is 1. The maximum Gasteiger partial charge on any atom is 0.0681 e. The van der Waals surface area contributed by atoms with E-state index in [0.717, 1.165) is 11.1 Å². The molecular weight excluding hydrogens is 244 g/mol. The van der Waals surface area contributed by atoms with E-state index < -0.39 is 0 Å². The highest BCUT2D eigenvalue weighted by molar-refractivity contribution is 5.51. The number of aliphatic hydroxyl groups is 1. The van der Waals surface area contributed by atoms with Crippen molar-refractivity contribution in [2.45, 2.75) is 20.5 Å². The molecule has 0 saturated carbocycles. The lowest BCUT2D eigenvalue weighted by Gasteiger charge is -2.26. The minimum absolute atomic E-state index is 0.0642. The Morgan fingerprint density at radius 2 is 1.60 bits per heavy atom. The molecule has 1 N–H and O–H groups in total. The van der Waals surface area contributed by atoms with Crippen LogP contribution < -0.4 is 0 Å². The standard InChI is InChI=1S/C19H22O/c1-19(2,18-7-5-3-4-6-8-18)14-13-16-9-11-17(15-20)12-10-16/h3-14,18,20H,15H2,1-2H3/b14-13+. The van der Waals surface area contributed by atoms with Crippen molar-refractivity contribution in [3.05, 3.63) is 77.9 Å². The fraction of sp³-hybridized carbons (Fsp3) is 0.263. The molecular formula is C19H22O. The average molecular weight is 266 g/mol. The number of benzene rings is 1. The smallest absolute Gasteiger partial charge is 0.0681 e. The third kappa shape index (κ3) is 3.82. The van der Waals surface area contributed by atoms with Crippen LogP contribution in [0.2, 0.25) is 0 Å². The Labute approximate surface area is 121 Å². The Balaban J connectivity index is 2.11. The van der Waals surface area contributed by atoms with E-state index in [1.165, 1.54) is 0 Å². The molecule has 1 aliphatic rings. The van der Waals surface area contributed by atoms with Crippen LogP contribution in [0.25, 0.3) is 6.08 Å². The predicted octanol–water partition coefficient (Wildman–Crippen LogP) is 4.52. The van der Waals surface area contributed by atoms with Gasteiger partial charge in [0, 0.05) is 5.92 Å². The van der Waals surface area contributed by atoms with Gasteiger partial charge in [0.1, 0.15) is 0 Å². The Hall–Kier alpha value is -1.86. The first kappa shape index (κ1) is 14.5. The fourth-order valence-electron chi connectivity index (χ4n) is 2.21. The van der Waals surface area contributed by atoms with Crippen molar-refractivity contribution in [2.24, 2.45) is 11.3 Å². The summed E-state index contributed by atoms with van der Waals surface area (Å²) in [5.41, 5.74) is 2.17. The van der Waals surface area contributed by atoms with E-state index in [4.69, 9.17) is 5.11 Å². The highest BCUT2D eigenvalue weighted by atomic mass is 16.3. The third-order valence-electron chi connectivity index (χ3n) is 3.70. The lowest BCUT2D eigenvalue weighted by Crippen LogP contribution is -2.17. The van der Waals surface area contributed by atoms with Gasteiger partial charge in [-0.05, 0) is 16.5 Å². The second-order valence-electron chi connectivity index (χ2n) is 5.73. The molecule has 0 amide bonds. The summed E-state index contributed by atoms with van der Waals surface area (Å²) in [5.74, 6) is 0.394. The molecule has 0 spiro atoms. The Kier molecular flexibility index (Phi) is 4.75. The van der Waals surface area contributed by atoms with E-state index in [1.807, 2.05) is 24.3 Å². The van der Waals surface area contributed by atoms with Gasteiger partial charge < -0.3 is 5.11 Å². The normalized spacial score (nSPS) is 15.9. The molecule has 0 unspecified atom stereocenters. The van der Waals surface area contributed by atoms with Crippen LogP contribution in [0, 0.1) is 11.3 Å². The molecule has 0 fully saturated rings. The molecule has 0 aromatic heterocycles. The Bertz CT molecular complexity index is 526. The van der Waals surface area contributed by atoms with Crippen molar-refractivity contribution in [3.8, 4) is 0 Å². The zero-order valence-corrected chi connectivity index (χ0v) is 12.2. The number of rotatable bonds is 4. The molecule has 0 heterocycles. The summed E-state index contributed by atoms with van der Waals surface area (Å²) in [6, 6.07) is 8.00. The molecule has 0 aliphatic heterocycles. The van der Waals surface area contributed by atoms with Gasteiger partial charge in [-0.2, -0.15) is 0 Å². The molecule has 2 rings (SSSR count). The van der Waals surface area contributed by atoms with Crippen molar-refractivity contribution in [1.82, 2.24) is 0 Å². The Morgan fingerprint density at radius 3 is 2.15 bits per heavy atom. The van der Waals surface area contributed by atoms with E-state index in [9.17, 15) is 0 Å². The summed E-state index contributed by atoms with van der Waals surface area (Å²) < 4.78 is 0. The van der Waals surface area contributed by atoms with Crippen molar-refractivity contribution in [2.75, 3.05) is 0 Å². The van der Waals surface area contributed by atoms with E-state index in [2.05, 4.69) is 62.5 Å². The van der Waals surface area contributed by atoms with Gasteiger partial charge in [-0.25, -0.2) is 0 Å². The van der Waals surface area contributed by atoms with Gasteiger partial charge in [0.05, 0.1) is 6.61 Å². The number of allylic oxidation sites excluding steroid dienone is 7. The summed E-state index contributed by atoms with van der Waals surface area (Å²) in [7, 11) is 0. The zero-order chi connectivity index (χ0) is 14.4. The molecule has 0 radical (unpaired) electrons. The van der Waals surface area contributed by atoms with Gasteiger partial charge >= 0.3 is 0 Å². The van der Waals surface area contributed by atoms with E-state index >= 15 is 0 Å². The van der Waals surface area contributed by atoms with Crippen molar-refractivity contribution < 1.29 is 5.11 Å². The number of hydrogen-bond acceptors (Lipinski definition) is 1. The van der Waals surface area contributed by atoms with E-state index in [1.54, 1.807) is 0 Å². The van der Waals surface area contributed by atoms with E-state index in [0.29, 0.717) is 5.92 Å². The minimum atomic E-state index is 0.0642. The fourth-order valence-corrected chi connectivity index (χ4v) is 2.21. The summed E-state index contributed by atoms with van der Waals surface area (Å²) in [6.07, 6.45) is 17.2. The predicted molar refractivity (Wildman–Crippen MR) is 86.1 cm³/mol. The van der Waals surface area contributed by atoms with Crippen LogP contribution in [0.5, 0.6) is 0 Å². The molecule has 0 atom stereocenters. The molecule has 1 aromatic rings. The zero-order valence-electron chi connectivity index (χ0n) is 12.2. The first-order chi connectivity index (χ1) is 9.62. The van der Waals surface area contributed by atoms with Crippen LogP contribution in [0.15, 0.2) is 66.8 Å².